The number of aromatic hydroxyl groups is 1. The Labute approximate surface area is 165 Å². The van der Waals surface area contributed by atoms with Crippen LogP contribution < -0.4 is 9.80 Å². The number of imide groups is 1. The van der Waals surface area contributed by atoms with E-state index in [1.807, 2.05) is 19.9 Å². The van der Waals surface area contributed by atoms with Crippen molar-refractivity contribution in [3.05, 3.63) is 53.6 Å². The van der Waals surface area contributed by atoms with Crippen LogP contribution in [0.4, 0.5) is 10.8 Å². The Morgan fingerprint density at radius 3 is 2.18 bits per heavy atom. The molecule has 28 heavy (non-hydrogen) atoms. The van der Waals surface area contributed by atoms with Gasteiger partial charge in [0.2, 0.25) is 5.13 Å². The van der Waals surface area contributed by atoms with Crippen molar-refractivity contribution in [2.45, 2.75) is 13.8 Å². The molecule has 1 aromatic heterocycles. The van der Waals surface area contributed by atoms with E-state index < -0.39 is 11.8 Å². The van der Waals surface area contributed by atoms with Crippen LogP contribution in [0.25, 0.3) is 10.6 Å². The SMILES string of the molecule is CCN(CC)c1ccc(-c2nnc(N3C(=O)c4ccccc4C3=O)s2)c(O)c1. The van der Waals surface area contributed by atoms with Crippen molar-refractivity contribution >= 4 is 34.0 Å². The lowest BCUT2D eigenvalue weighted by Crippen LogP contribution is -2.29. The average molecular weight is 394 g/mol. The molecular formula is C20H18N4O3S. The number of amides is 2. The fourth-order valence-electron chi connectivity index (χ4n) is 3.26. The predicted molar refractivity (Wildman–Crippen MR) is 108 cm³/mol. The molecule has 0 aliphatic carbocycles. The van der Waals surface area contributed by atoms with Crippen molar-refractivity contribution in [1.82, 2.24) is 10.2 Å². The summed E-state index contributed by atoms with van der Waals surface area (Å²) in [5.74, 6) is -0.747. The molecule has 1 N–H and O–H groups in total. The number of fused-ring (bicyclic) bond motifs is 1. The van der Waals surface area contributed by atoms with E-state index in [1.54, 1.807) is 36.4 Å². The third kappa shape index (κ3) is 2.82. The van der Waals surface area contributed by atoms with Gasteiger partial charge in [0.15, 0.2) is 5.01 Å². The summed E-state index contributed by atoms with van der Waals surface area (Å²) in [6, 6.07) is 12.0. The second-order valence-corrected chi connectivity index (χ2v) is 7.21. The van der Waals surface area contributed by atoms with E-state index >= 15 is 0 Å². The van der Waals surface area contributed by atoms with E-state index in [2.05, 4.69) is 15.1 Å². The minimum absolute atomic E-state index is 0.0782. The number of anilines is 2. The van der Waals surface area contributed by atoms with Crippen LogP contribution >= 0.6 is 11.3 Å². The lowest BCUT2D eigenvalue weighted by Gasteiger charge is -2.21. The van der Waals surface area contributed by atoms with Gasteiger partial charge in [-0.1, -0.05) is 23.5 Å². The minimum Gasteiger partial charge on any atom is -0.507 e. The molecule has 2 amide bonds. The van der Waals surface area contributed by atoms with Crippen molar-refractivity contribution < 1.29 is 14.7 Å². The Kier molecular flexibility index (Phi) is 4.56. The number of carbonyl (C=O) groups is 2. The smallest absolute Gasteiger partial charge is 0.268 e. The fourth-order valence-corrected chi connectivity index (χ4v) is 4.14. The molecule has 2 heterocycles. The van der Waals surface area contributed by atoms with Gasteiger partial charge in [-0.25, -0.2) is 4.90 Å². The fraction of sp³-hybridized carbons (Fsp3) is 0.200. The maximum absolute atomic E-state index is 12.6. The van der Waals surface area contributed by atoms with Gasteiger partial charge in [0.1, 0.15) is 5.75 Å². The quantitative estimate of drug-likeness (QED) is 0.666. The second-order valence-electron chi connectivity index (χ2n) is 6.25. The number of hydrogen-bond donors (Lipinski definition) is 1. The number of nitrogens with zero attached hydrogens (tertiary/aromatic N) is 4. The van der Waals surface area contributed by atoms with E-state index in [9.17, 15) is 14.7 Å². The first-order valence-corrected chi connectivity index (χ1v) is 9.76. The van der Waals surface area contributed by atoms with Crippen LogP contribution in [0.3, 0.4) is 0 Å². The molecule has 0 radical (unpaired) electrons. The van der Waals surface area contributed by atoms with Crippen LogP contribution in [0.15, 0.2) is 42.5 Å². The molecule has 2 aromatic carbocycles. The van der Waals surface area contributed by atoms with E-state index in [-0.39, 0.29) is 10.9 Å². The Balaban J connectivity index is 1.66. The Morgan fingerprint density at radius 2 is 1.61 bits per heavy atom. The van der Waals surface area contributed by atoms with Crippen LogP contribution in [0.2, 0.25) is 0 Å². The average Bonchev–Trinajstić information content (AvgIpc) is 3.27. The normalized spacial score (nSPS) is 13.1. The monoisotopic (exact) mass is 394 g/mol. The molecule has 4 rings (SSSR count). The highest BCUT2D eigenvalue weighted by molar-refractivity contribution is 7.19. The topological polar surface area (TPSA) is 86.6 Å². The van der Waals surface area contributed by atoms with Crippen molar-refractivity contribution in [1.29, 1.82) is 0 Å². The van der Waals surface area contributed by atoms with Gasteiger partial charge in [-0.15, -0.1) is 10.2 Å². The molecule has 142 valence electrons. The number of carbonyl (C=O) groups excluding carboxylic acids is 2. The lowest BCUT2D eigenvalue weighted by atomic mass is 10.1. The number of benzene rings is 2. The minimum atomic E-state index is -0.413. The molecule has 7 nitrogen and oxygen atoms in total. The molecular weight excluding hydrogens is 376 g/mol. The molecule has 0 saturated carbocycles. The lowest BCUT2D eigenvalue weighted by molar-refractivity contribution is 0.0926. The van der Waals surface area contributed by atoms with Gasteiger partial charge in [-0.05, 0) is 38.1 Å². The first-order chi connectivity index (χ1) is 13.5. The summed E-state index contributed by atoms with van der Waals surface area (Å²) < 4.78 is 0. The van der Waals surface area contributed by atoms with Gasteiger partial charge in [0.25, 0.3) is 11.8 Å². The van der Waals surface area contributed by atoms with E-state index in [4.69, 9.17) is 0 Å². The van der Waals surface area contributed by atoms with Crippen molar-refractivity contribution in [3.63, 3.8) is 0 Å². The number of aromatic nitrogens is 2. The zero-order valence-corrected chi connectivity index (χ0v) is 16.2. The highest BCUT2D eigenvalue weighted by atomic mass is 32.1. The third-order valence-electron chi connectivity index (χ3n) is 4.74. The summed E-state index contributed by atoms with van der Waals surface area (Å²) in [6.45, 7) is 5.76. The molecule has 1 aliphatic rings. The maximum Gasteiger partial charge on any atom is 0.268 e. The molecule has 3 aromatic rings. The molecule has 1 aliphatic heterocycles. The van der Waals surface area contributed by atoms with E-state index in [0.717, 1.165) is 35.0 Å². The van der Waals surface area contributed by atoms with Crippen LogP contribution in [0.5, 0.6) is 5.75 Å². The molecule has 0 unspecified atom stereocenters. The summed E-state index contributed by atoms with van der Waals surface area (Å²) in [6.07, 6.45) is 0. The first kappa shape index (κ1) is 18.1. The van der Waals surface area contributed by atoms with Crippen molar-refractivity contribution in [3.8, 4) is 16.3 Å². The van der Waals surface area contributed by atoms with Crippen LogP contribution in [-0.2, 0) is 0 Å². The zero-order valence-electron chi connectivity index (χ0n) is 15.4. The largest absolute Gasteiger partial charge is 0.507 e. The van der Waals surface area contributed by atoms with Crippen molar-refractivity contribution in [2.75, 3.05) is 22.9 Å². The summed E-state index contributed by atoms with van der Waals surface area (Å²) in [4.78, 5) is 28.3. The molecule has 0 saturated heterocycles. The number of rotatable bonds is 5. The third-order valence-corrected chi connectivity index (χ3v) is 5.68. The summed E-state index contributed by atoms with van der Waals surface area (Å²) in [7, 11) is 0. The van der Waals surface area contributed by atoms with Crippen molar-refractivity contribution in [2.24, 2.45) is 0 Å². The Morgan fingerprint density at radius 1 is 0.964 bits per heavy atom. The van der Waals surface area contributed by atoms with E-state index in [1.165, 1.54) is 0 Å². The zero-order chi connectivity index (χ0) is 19.8. The van der Waals surface area contributed by atoms with Crippen LogP contribution in [0, 0.1) is 0 Å². The van der Waals surface area contributed by atoms with Gasteiger partial charge in [-0.3, -0.25) is 9.59 Å². The van der Waals surface area contributed by atoms with E-state index in [0.29, 0.717) is 21.7 Å². The van der Waals surface area contributed by atoms with Crippen LogP contribution in [0.1, 0.15) is 34.6 Å². The predicted octanol–water partition coefficient (Wildman–Crippen LogP) is 3.56. The molecule has 0 spiro atoms. The van der Waals surface area contributed by atoms with Gasteiger partial charge >= 0.3 is 0 Å². The van der Waals surface area contributed by atoms with Gasteiger partial charge in [-0.2, -0.15) is 0 Å². The Bertz CT molecular complexity index is 1040. The summed E-state index contributed by atoms with van der Waals surface area (Å²) in [5, 5.41) is 19.2. The molecule has 0 fully saturated rings. The summed E-state index contributed by atoms with van der Waals surface area (Å²) in [5.41, 5.74) is 2.14. The first-order valence-electron chi connectivity index (χ1n) is 8.94. The Hall–Kier alpha value is -3.26. The highest BCUT2D eigenvalue weighted by Crippen LogP contribution is 2.38. The maximum atomic E-state index is 12.6. The van der Waals surface area contributed by atoms with Gasteiger partial charge in [0, 0.05) is 24.8 Å². The van der Waals surface area contributed by atoms with Crippen LogP contribution in [-0.4, -0.2) is 40.2 Å². The molecule has 8 heteroatoms. The number of hydrogen-bond acceptors (Lipinski definition) is 7. The summed E-state index contributed by atoms with van der Waals surface area (Å²) >= 11 is 1.09. The highest BCUT2D eigenvalue weighted by Gasteiger charge is 2.38. The second kappa shape index (κ2) is 7.05. The standard InChI is InChI=1S/C20H18N4O3S/c1-3-23(4-2)12-9-10-15(16(25)11-12)17-21-22-20(28-17)24-18(26)13-7-5-6-8-14(13)19(24)27/h5-11,25H,3-4H2,1-2H3. The number of phenolic OH excluding ortho intramolecular Hbond substituents is 1. The molecule has 0 atom stereocenters. The number of phenols is 1. The molecule has 0 bridgehead atoms. The van der Waals surface area contributed by atoms with Gasteiger partial charge in [0.05, 0.1) is 16.7 Å². The van der Waals surface area contributed by atoms with Gasteiger partial charge < -0.3 is 10.0 Å².